The van der Waals surface area contributed by atoms with Gasteiger partial charge in [0, 0.05) is 12.5 Å². The summed E-state index contributed by atoms with van der Waals surface area (Å²) in [5, 5.41) is 14.5. The average molecular weight is 318 g/mol. The van der Waals surface area contributed by atoms with Crippen molar-refractivity contribution in [2.24, 2.45) is 5.92 Å². The summed E-state index contributed by atoms with van der Waals surface area (Å²) in [6, 6.07) is 4.75. The van der Waals surface area contributed by atoms with Gasteiger partial charge in [0.15, 0.2) is 0 Å². The molecule has 23 heavy (non-hydrogen) atoms. The van der Waals surface area contributed by atoms with E-state index in [0.29, 0.717) is 13.0 Å². The van der Waals surface area contributed by atoms with Crippen molar-refractivity contribution in [2.75, 3.05) is 6.54 Å². The molecule has 0 unspecified atom stereocenters. The predicted octanol–water partition coefficient (Wildman–Crippen LogP) is 0.942. The highest BCUT2D eigenvalue weighted by Gasteiger charge is 2.31. The smallest absolute Gasteiger partial charge is 0.326 e. The minimum absolute atomic E-state index is 0.125. The van der Waals surface area contributed by atoms with E-state index in [1.807, 2.05) is 32.0 Å². The highest BCUT2D eigenvalue weighted by molar-refractivity contribution is 5.86. The second kappa shape index (κ2) is 7.26. The van der Waals surface area contributed by atoms with Gasteiger partial charge >= 0.3 is 5.97 Å². The largest absolute Gasteiger partial charge is 0.480 e. The number of benzene rings is 1. The van der Waals surface area contributed by atoms with Gasteiger partial charge in [-0.2, -0.15) is 0 Å². The summed E-state index contributed by atoms with van der Waals surface area (Å²) < 4.78 is 0. The quantitative estimate of drug-likeness (QED) is 0.727. The van der Waals surface area contributed by atoms with E-state index in [9.17, 15) is 19.5 Å². The van der Waals surface area contributed by atoms with Crippen LogP contribution in [0, 0.1) is 19.8 Å². The van der Waals surface area contributed by atoms with Crippen LogP contribution in [-0.4, -0.2) is 35.5 Å². The summed E-state index contributed by atoms with van der Waals surface area (Å²) in [6.45, 7) is 4.46. The van der Waals surface area contributed by atoms with Gasteiger partial charge in [-0.05, 0) is 37.8 Å². The third-order valence-corrected chi connectivity index (χ3v) is 4.17. The molecule has 3 N–H and O–H groups in total. The van der Waals surface area contributed by atoms with Gasteiger partial charge < -0.3 is 15.7 Å². The van der Waals surface area contributed by atoms with Gasteiger partial charge in [0.05, 0.1) is 6.42 Å². The number of carboxylic acids is 1. The second-order valence-electron chi connectivity index (χ2n) is 6.08. The lowest BCUT2D eigenvalue weighted by molar-refractivity contribution is -0.142. The molecule has 0 aromatic heterocycles. The Morgan fingerprint density at radius 1 is 1.39 bits per heavy atom. The number of hydrogen-bond acceptors (Lipinski definition) is 3. The van der Waals surface area contributed by atoms with Crippen LogP contribution in [0.2, 0.25) is 0 Å². The Kier molecular flexibility index (Phi) is 5.36. The third kappa shape index (κ3) is 4.55. The molecule has 0 bridgehead atoms. The van der Waals surface area contributed by atoms with E-state index in [1.165, 1.54) is 0 Å². The first-order valence-electron chi connectivity index (χ1n) is 7.73. The minimum atomic E-state index is -1.11. The molecule has 0 radical (unpaired) electrons. The van der Waals surface area contributed by atoms with Gasteiger partial charge in [0.25, 0.3) is 0 Å². The monoisotopic (exact) mass is 318 g/mol. The molecule has 0 aliphatic carbocycles. The number of hydrogen-bond donors (Lipinski definition) is 3. The van der Waals surface area contributed by atoms with E-state index >= 15 is 0 Å². The van der Waals surface area contributed by atoms with Crippen molar-refractivity contribution in [3.63, 3.8) is 0 Å². The lowest BCUT2D eigenvalue weighted by Gasteiger charge is -2.17. The molecule has 1 heterocycles. The van der Waals surface area contributed by atoms with Crippen molar-refractivity contribution < 1.29 is 19.5 Å². The molecule has 6 heteroatoms. The summed E-state index contributed by atoms with van der Waals surface area (Å²) in [4.78, 5) is 35.1. The maximum absolute atomic E-state index is 12.1. The van der Waals surface area contributed by atoms with Gasteiger partial charge in [-0.1, -0.05) is 23.8 Å². The summed E-state index contributed by atoms with van der Waals surface area (Å²) in [5.74, 6) is -1.95. The van der Waals surface area contributed by atoms with Crippen LogP contribution in [0.5, 0.6) is 0 Å². The van der Waals surface area contributed by atoms with Gasteiger partial charge in [0.2, 0.25) is 11.8 Å². The van der Waals surface area contributed by atoms with Crippen LogP contribution in [0.4, 0.5) is 0 Å². The molecule has 6 nitrogen and oxygen atoms in total. The molecular weight excluding hydrogens is 296 g/mol. The first kappa shape index (κ1) is 17.0. The zero-order valence-electron chi connectivity index (χ0n) is 13.4. The van der Waals surface area contributed by atoms with Crippen molar-refractivity contribution in [1.29, 1.82) is 0 Å². The zero-order valence-corrected chi connectivity index (χ0v) is 13.4. The molecule has 1 aromatic rings. The lowest BCUT2D eigenvalue weighted by atomic mass is 9.97. The molecule has 1 fully saturated rings. The van der Waals surface area contributed by atoms with Crippen LogP contribution in [0.25, 0.3) is 0 Å². The molecule has 1 aliphatic heterocycles. The van der Waals surface area contributed by atoms with Gasteiger partial charge in [-0.3, -0.25) is 9.59 Å². The first-order valence-corrected chi connectivity index (χ1v) is 7.73. The summed E-state index contributed by atoms with van der Waals surface area (Å²) in [7, 11) is 0. The van der Waals surface area contributed by atoms with Gasteiger partial charge in [-0.15, -0.1) is 0 Å². The molecule has 0 spiro atoms. The fourth-order valence-electron chi connectivity index (χ4n) is 2.84. The normalized spacial score (nSPS) is 18.3. The summed E-state index contributed by atoms with van der Waals surface area (Å²) in [5.41, 5.74) is 2.99. The van der Waals surface area contributed by atoms with E-state index in [0.717, 1.165) is 16.7 Å². The highest BCUT2D eigenvalue weighted by atomic mass is 16.4. The lowest BCUT2D eigenvalue weighted by Crippen LogP contribution is -2.43. The summed E-state index contributed by atoms with van der Waals surface area (Å²) >= 11 is 0. The second-order valence-corrected chi connectivity index (χ2v) is 6.08. The standard InChI is InChI=1S/C17H22N2O4/c1-10-3-4-12(11(2)7-10)9-15(20)19-14(17(22)23)8-13-5-6-18-16(13)21/h3-4,7,13-14H,5-6,8-9H2,1-2H3,(H,18,21)(H,19,20)(H,22,23)/t13-,14-/m0/s1. The van der Waals surface area contributed by atoms with Crippen molar-refractivity contribution in [3.05, 3.63) is 34.9 Å². The van der Waals surface area contributed by atoms with E-state index in [2.05, 4.69) is 10.6 Å². The molecular formula is C17H22N2O4. The van der Waals surface area contributed by atoms with E-state index in [-0.39, 0.29) is 30.6 Å². The fourth-order valence-corrected chi connectivity index (χ4v) is 2.84. The fraction of sp³-hybridized carbons (Fsp3) is 0.471. The van der Waals surface area contributed by atoms with Crippen LogP contribution in [0.15, 0.2) is 18.2 Å². The SMILES string of the molecule is Cc1ccc(CC(=O)N[C@@H](C[C@@H]2CCNC2=O)C(=O)O)c(C)c1. The van der Waals surface area contributed by atoms with Crippen LogP contribution in [0.1, 0.15) is 29.5 Å². The number of rotatable bonds is 6. The number of aryl methyl sites for hydroxylation is 2. The number of amides is 2. The van der Waals surface area contributed by atoms with Crippen LogP contribution >= 0.6 is 0 Å². The molecule has 0 saturated carbocycles. The minimum Gasteiger partial charge on any atom is -0.480 e. The number of nitrogens with one attached hydrogen (secondary N) is 2. The Labute approximate surface area is 135 Å². The third-order valence-electron chi connectivity index (χ3n) is 4.17. The van der Waals surface area contributed by atoms with Gasteiger partial charge in [-0.25, -0.2) is 4.79 Å². The first-order chi connectivity index (χ1) is 10.9. The molecule has 2 rings (SSSR count). The number of carbonyl (C=O) groups is 3. The van der Waals surface area contributed by atoms with E-state index in [4.69, 9.17) is 0 Å². The molecule has 1 saturated heterocycles. The van der Waals surface area contributed by atoms with E-state index < -0.39 is 12.0 Å². The Bertz CT molecular complexity index is 627. The van der Waals surface area contributed by atoms with Crippen LogP contribution in [0.3, 0.4) is 0 Å². The molecule has 2 amide bonds. The van der Waals surface area contributed by atoms with Crippen LogP contribution < -0.4 is 10.6 Å². The number of aliphatic carboxylic acids is 1. The van der Waals surface area contributed by atoms with Crippen molar-refractivity contribution in [1.82, 2.24) is 10.6 Å². The summed E-state index contributed by atoms with van der Waals surface area (Å²) in [6.07, 6.45) is 0.863. The highest BCUT2D eigenvalue weighted by Crippen LogP contribution is 2.17. The Morgan fingerprint density at radius 2 is 2.13 bits per heavy atom. The van der Waals surface area contributed by atoms with Gasteiger partial charge in [0.1, 0.15) is 6.04 Å². The Hall–Kier alpha value is -2.37. The maximum Gasteiger partial charge on any atom is 0.326 e. The molecule has 1 aromatic carbocycles. The van der Waals surface area contributed by atoms with Crippen molar-refractivity contribution in [2.45, 2.75) is 39.2 Å². The van der Waals surface area contributed by atoms with Crippen LogP contribution in [-0.2, 0) is 20.8 Å². The van der Waals surface area contributed by atoms with E-state index in [1.54, 1.807) is 0 Å². The Morgan fingerprint density at radius 3 is 2.70 bits per heavy atom. The van der Waals surface area contributed by atoms with Crippen molar-refractivity contribution in [3.8, 4) is 0 Å². The topological polar surface area (TPSA) is 95.5 Å². The average Bonchev–Trinajstić information content (AvgIpc) is 2.86. The molecule has 124 valence electrons. The zero-order chi connectivity index (χ0) is 17.0. The Balaban J connectivity index is 1.97. The van der Waals surface area contributed by atoms with Crippen molar-refractivity contribution >= 4 is 17.8 Å². The predicted molar refractivity (Wildman–Crippen MR) is 84.9 cm³/mol. The number of carboxylic acid groups (broad SMARTS) is 1. The maximum atomic E-state index is 12.1. The molecule has 1 aliphatic rings. The number of carbonyl (C=O) groups excluding carboxylic acids is 2. The molecule has 2 atom stereocenters.